The number of hydrogen-bond donors (Lipinski definition) is 1. The minimum absolute atomic E-state index is 0.0715. The van der Waals surface area contributed by atoms with Gasteiger partial charge in [0.25, 0.3) is 5.69 Å². The molecule has 124 valence electrons. The molecule has 1 N–H and O–H groups in total. The summed E-state index contributed by atoms with van der Waals surface area (Å²) in [7, 11) is 0. The van der Waals surface area contributed by atoms with Gasteiger partial charge in [-0.2, -0.15) is 0 Å². The van der Waals surface area contributed by atoms with Gasteiger partial charge in [-0.1, -0.05) is 30.3 Å². The van der Waals surface area contributed by atoms with Crippen LogP contribution in [0.1, 0.15) is 26.3 Å². The lowest BCUT2D eigenvalue weighted by Crippen LogP contribution is -2.18. The van der Waals surface area contributed by atoms with E-state index in [1.807, 2.05) is 63.2 Å². The number of aromatic amines is 1. The van der Waals surface area contributed by atoms with Crippen molar-refractivity contribution >= 4 is 16.6 Å². The number of fused-ring (bicyclic) bond motifs is 1. The molecule has 24 heavy (non-hydrogen) atoms. The molecule has 0 saturated heterocycles. The van der Waals surface area contributed by atoms with Crippen molar-refractivity contribution in [2.75, 3.05) is 0 Å². The van der Waals surface area contributed by atoms with Crippen LogP contribution in [0.25, 0.3) is 22.2 Å². The zero-order valence-corrected chi connectivity index (χ0v) is 14.0. The van der Waals surface area contributed by atoms with Crippen molar-refractivity contribution < 1.29 is 9.66 Å². The van der Waals surface area contributed by atoms with Crippen LogP contribution in [-0.4, -0.2) is 15.5 Å². The van der Waals surface area contributed by atoms with Crippen molar-refractivity contribution in [3.05, 3.63) is 64.2 Å². The second-order valence-electron chi connectivity index (χ2n) is 6.79. The van der Waals surface area contributed by atoms with E-state index in [2.05, 4.69) is 4.98 Å². The number of H-pyrrole nitrogens is 1. The molecule has 0 aliphatic carbocycles. The lowest BCUT2D eigenvalue weighted by atomic mass is 10.1. The molecule has 0 spiro atoms. The van der Waals surface area contributed by atoms with E-state index in [9.17, 15) is 10.1 Å². The Labute approximate surface area is 140 Å². The number of nitrogens with zero attached hydrogens (tertiary/aromatic N) is 1. The van der Waals surface area contributed by atoms with Crippen molar-refractivity contribution in [3.8, 4) is 11.3 Å². The van der Waals surface area contributed by atoms with Crippen LogP contribution in [-0.2, 0) is 11.3 Å². The smallest absolute Gasteiger partial charge is 0.293 e. The molecule has 1 aromatic heterocycles. The van der Waals surface area contributed by atoms with Gasteiger partial charge in [0.05, 0.1) is 17.1 Å². The number of non-ortho nitro benzene ring substituents is 1. The number of aromatic nitrogens is 1. The van der Waals surface area contributed by atoms with Crippen LogP contribution in [0, 0.1) is 10.1 Å². The molecular formula is C19H20N2O3. The van der Waals surface area contributed by atoms with Crippen molar-refractivity contribution in [1.82, 2.24) is 4.98 Å². The first kappa shape index (κ1) is 16.2. The van der Waals surface area contributed by atoms with Crippen molar-refractivity contribution in [3.63, 3.8) is 0 Å². The first-order valence-corrected chi connectivity index (χ1v) is 7.83. The number of nitro benzene ring substituents is 1. The summed E-state index contributed by atoms with van der Waals surface area (Å²) >= 11 is 0. The summed E-state index contributed by atoms with van der Waals surface area (Å²) in [5.74, 6) is 0. The Hall–Kier alpha value is -2.66. The van der Waals surface area contributed by atoms with E-state index in [1.165, 1.54) is 0 Å². The summed E-state index contributed by atoms with van der Waals surface area (Å²) in [6.07, 6.45) is 0. The SMILES string of the molecule is CC(C)(C)OCc1cc([N+](=O)[O-])c2[nH]c(-c3ccccc3)cc2c1. The Morgan fingerprint density at radius 3 is 2.46 bits per heavy atom. The van der Waals surface area contributed by atoms with Crippen LogP contribution in [0.3, 0.4) is 0 Å². The highest BCUT2D eigenvalue weighted by molar-refractivity contribution is 5.92. The molecule has 3 aromatic rings. The van der Waals surface area contributed by atoms with Crippen LogP contribution in [0.15, 0.2) is 48.5 Å². The standard InChI is InChI=1S/C19H20N2O3/c1-19(2,3)24-12-13-9-15-11-16(14-7-5-4-6-8-14)20-18(15)17(10-13)21(22)23/h4-11,20H,12H2,1-3H3. The average Bonchev–Trinajstić information content (AvgIpc) is 2.96. The third-order valence-electron chi connectivity index (χ3n) is 3.72. The van der Waals surface area contributed by atoms with E-state index < -0.39 is 0 Å². The first-order valence-electron chi connectivity index (χ1n) is 7.83. The molecule has 5 heteroatoms. The van der Waals surface area contributed by atoms with Crippen LogP contribution in [0.4, 0.5) is 5.69 Å². The molecule has 2 aromatic carbocycles. The van der Waals surface area contributed by atoms with Crippen LogP contribution < -0.4 is 0 Å². The van der Waals surface area contributed by atoms with Crippen molar-refractivity contribution in [2.45, 2.75) is 33.0 Å². The first-order chi connectivity index (χ1) is 11.3. The molecule has 0 aliphatic heterocycles. The summed E-state index contributed by atoms with van der Waals surface area (Å²) in [5.41, 5.74) is 2.97. The minimum atomic E-state index is -0.353. The largest absolute Gasteiger partial charge is 0.371 e. The van der Waals surface area contributed by atoms with E-state index in [0.29, 0.717) is 12.1 Å². The van der Waals surface area contributed by atoms with Gasteiger partial charge < -0.3 is 9.72 Å². The van der Waals surface area contributed by atoms with E-state index in [4.69, 9.17) is 4.74 Å². The molecule has 1 heterocycles. The van der Waals surface area contributed by atoms with Crippen molar-refractivity contribution in [2.24, 2.45) is 0 Å². The monoisotopic (exact) mass is 324 g/mol. The van der Waals surface area contributed by atoms with Crippen LogP contribution >= 0.6 is 0 Å². The molecule has 0 bridgehead atoms. The lowest BCUT2D eigenvalue weighted by Gasteiger charge is -2.19. The molecule has 0 atom stereocenters. The Kier molecular flexibility index (Phi) is 4.11. The second kappa shape index (κ2) is 6.09. The molecule has 3 rings (SSSR count). The average molecular weight is 324 g/mol. The molecule has 0 aliphatic rings. The number of nitrogens with one attached hydrogen (secondary N) is 1. The molecule has 0 amide bonds. The quantitative estimate of drug-likeness (QED) is 0.539. The van der Waals surface area contributed by atoms with E-state index in [1.54, 1.807) is 6.07 Å². The molecule has 5 nitrogen and oxygen atoms in total. The lowest BCUT2D eigenvalue weighted by molar-refractivity contribution is -0.383. The molecular weight excluding hydrogens is 304 g/mol. The Morgan fingerprint density at radius 2 is 1.83 bits per heavy atom. The zero-order chi connectivity index (χ0) is 17.3. The van der Waals surface area contributed by atoms with Gasteiger partial charge in [-0.25, -0.2) is 0 Å². The van der Waals surface area contributed by atoms with Gasteiger partial charge in [-0.15, -0.1) is 0 Å². The second-order valence-corrected chi connectivity index (χ2v) is 6.79. The zero-order valence-electron chi connectivity index (χ0n) is 14.0. The highest BCUT2D eigenvalue weighted by Gasteiger charge is 2.18. The molecule has 0 unspecified atom stereocenters. The van der Waals surface area contributed by atoms with Crippen LogP contribution in [0.5, 0.6) is 0 Å². The fraction of sp³-hybridized carbons (Fsp3) is 0.263. The highest BCUT2D eigenvalue weighted by atomic mass is 16.6. The maximum Gasteiger partial charge on any atom is 0.293 e. The van der Waals surface area contributed by atoms with E-state index in [-0.39, 0.29) is 16.2 Å². The number of rotatable bonds is 4. The van der Waals surface area contributed by atoms with Gasteiger partial charge in [0.15, 0.2) is 0 Å². The number of ether oxygens (including phenoxy) is 1. The number of hydrogen-bond acceptors (Lipinski definition) is 3. The van der Waals surface area contributed by atoms with Gasteiger partial charge in [0, 0.05) is 17.1 Å². The van der Waals surface area contributed by atoms with Gasteiger partial charge in [-0.3, -0.25) is 10.1 Å². The normalized spacial score (nSPS) is 11.8. The van der Waals surface area contributed by atoms with E-state index in [0.717, 1.165) is 22.2 Å². The summed E-state index contributed by atoms with van der Waals surface area (Å²) in [4.78, 5) is 14.3. The van der Waals surface area contributed by atoms with Gasteiger partial charge >= 0.3 is 0 Å². The summed E-state index contributed by atoms with van der Waals surface area (Å²) < 4.78 is 5.76. The summed E-state index contributed by atoms with van der Waals surface area (Å²) in [6, 6.07) is 15.2. The summed E-state index contributed by atoms with van der Waals surface area (Å²) in [5, 5.41) is 12.3. The van der Waals surface area contributed by atoms with Crippen molar-refractivity contribution in [1.29, 1.82) is 0 Å². The van der Waals surface area contributed by atoms with Gasteiger partial charge in [0.2, 0.25) is 0 Å². The number of nitro groups is 1. The third-order valence-corrected chi connectivity index (χ3v) is 3.72. The Morgan fingerprint density at radius 1 is 1.12 bits per heavy atom. The maximum atomic E-state index is 11.5. The number of benzene rings is 2. The van der Waals surface area contributed by atoms with Gasteiger partial charge in [0.1, 0.15) is 5.52 Å². The fourth-order valence-corrected chi connectivity index (χ4v) is 2.59. The fourth-order valence-electron chi connectivity index (χ4n) is 2.59. The van der Waals surface area contributed by atoms with E-state index >= 15 is 0 Å². The molecule has 0 radical (unpaired) electrons. The highest BCUT2D eigenvalue weighted by Crippen LogP contribution is 2.32. The molecule has 0 saturated carbocycles. The third kappa shape index (κ3) is 3.46. The Balaban J connectivity index is 2.06. The van der Waals surface area contributed by atoms with Crippen LogP contribution in [0.2, 0.25) is 0 Å². The predicted octanol–water partition coefficient (Wildman–Crippen LogP) is 5.06. The topological polar surface area (TPSA) is 68.2 Å². The Bertz CT molecular complexity index is 877. The van der Waals surface area contributed by atoms with Gasteiger partial charge in [-0.05, 0) is 44.0 Å². The summed E-state index contributed by atoms with van der Waals surface area (Å²) in [6.45, 7) is 6.23. The maximum absolute atomic E-state index is 11.5. The minimum Gasteiger partial charge on any atom is -0.371 e. The molecule has 0 fully saturated rings. The predicted molar refractivity (Wildman–Crippen MR) is 94.9 cm³/mol.